The van der Waals surface area contributed by atoms with E-state index in [1.54, 1.807) is 18.6 Å². The molecule has 0 amide bonds. The monoisotopic (exact) mass is 224 g/mol. The van der Waals surface area contributed by atoms with E-state index < -0.39 is 0 Å². The van der Waals surface area contributed by atoms with Crippen molar-refractivity contribution in [3.63, 3.8) is 0 Å². The molecule has 0 aliphatic rings. The number of nitrogens with one attached hydrogen (secondary N) is 1. The van der Waals surface area contributed by atoms with Gasteiger partial charge in [0, 0.05) is 30.2 Å². The van der Waals surface area contributed by atoms with Gasteiger partial charge in [0.1, 0.15) is 5.82 Å². The molecule has 3 aromatic rings. The first kappa shape index (κ1) is 9.99. The third kappa shape index (κ3) is 1.68. The van der Waals surface area contributed by atoms with E-state index >= 15 is 0 Å². The minimum absolute atomic E-state index is 0.252. The molecule has 1 aromatic carbocycles. The van der Waals surface area contributed by atoms with E-state index in [1.807, 2.05) is 24.4 Å². The second-order valence-corrected chi connectivity index (χ2v) is 3.90. The van der Waals surface area contributed by atoms with Gasteiger partial charge in [-0.25, -0.2) is 4.98 Å². The number of nitrogens with two attached hydrogens (primary N) is 1. The van der Waals surface area contributed by atoms with Crippen molar-refractivity contribution in [2.45, 2.75) is 6.04 Å². The third-order valence-corrected chi connectivity index (χ3v) is 2.87. The second kappa shape index (κ2) is 3.99. The molecule has 0 radical (unpaired) electrons. The van der Waals surface area contributed by atoms with Gasteiger partial charge in [0.25, 0.3) is 0 Å². The third-order valence-electron chi connectivity index (χ3n) is 2.87. The van der Waals surface area contributed by atoms with Crippen LogP contribution in [0.15, 0.2) is 49.1 Å². The molecule has 0 saturated carbocycles. The predicted molar refractivity (Wildman–Crippen MR) is 66.4 cm³/mol. The summed E-state index contributed by atoms with van der Waals surface area (Å²) in [5.74, 6) is 0.765. The molecule has 2 aromatic heterocycles. The van der Waals surface area contributed by atoms with E-state index in [0.717, 1.165) is 22.2 Å². The average Bonchev–Trinajstić information content (AvgIpc) is 2.91. The zero-order chi connectivity index (χ0) is 11.7. The number of nitrogens with zero attached hydrogens (tertiary/aromatic N) is 2. The molecule has 0 bridgehead atoms. The normalized spacial score (nSPS) is 12.8. The first-order chi connectivity index (χ1) is 8.36. The largest absolute Gasteiger partial charge is 0.347 e. The number of hydrogen-bond acceptors (Lipinski definition) is 3. The van der Waals surface area contributed by atoms with Crippen LogP contribution in [0.3, 0.4) is 0 Å². The van der Waals surface area contributed by atoms with Crippen LogP contribution in [-0.2, 0) is 0 Å². The van der Waals surface area contributed by atoms with Crippen LogP contribution in [-0.4, -0.2) is 15.0 Å². The van der Waals surface area contributed by atoms with Crippen LogP contribution < -0.4 is 5.73 Å². The van der Waals surface area contributed by atoms with Gasteiger partial charge >= 0.3 is 0 Å². The molecule has 4 heteroatoms. The van der Waals surface area contributed by atoms with Crippen molar-refractivity contribution in [3.05, 3.63) is 60.4 Å². The number of pyridine rings is 1. The van der Waals surface area contributed by atoms with Crippen molar-refractivity contribution in [1.29, 1.82) is 0 Å². The molecule has 0 spiro atoms. The molecule has 2 heterocycles. The predicted octanol–water partition coefficient (Wildman–Crippen LogP) is 2.01. The highest BCUT2D eigenvalue weighted by molar-refractivity contribution is 5.85. The van der Waals surface area contributed by atoms with E-state index in [4.69, 9.17) is 5.73 Å². The summed E-state index contributed by atoms with van der Waals surface area (Å²) in [5.41, 5.74) is 7.24. The number of imidazole rings is 1. The number of aromatic nitrogens is 3. The van der Waals surface area contributed by atoms with Crippen LogP contribution in [0.5, 0.6) is 0 Å². The van der Waals surface area contributed by atoms with Crippen LogP contribution in [0.2, 0.25) is 0 Å². The minimum atomic E-state index is -0.252. The molecule has 3 N–H and O–H groups in total. The lowest BCUT2D eigenvalue weighted by atomic mass is 10.0. The number of hydrogen-bond donors (Lipinski definition) is 2. The fourth-order valence-electron chi connectivity index (χ4n) is 2.00. The fraction of sp³-hybridized carbons (Fsp3) is 0.0769. The maximum Gasteiger partial charge on any atom is 0.127 e. The lowest BCUT2D eigenvalue weighted by Gasteiger charge is -2.12. The van der Waals surface area contributed by atoms with Crippen molar-refractivity contribution in [1.82, 2.24) is 15.0 Å². The number of benzene rings is 1. The molecule has 3 rings (SSSR count). The quantitative estimate of drug-likeness (QED) is 0.699. The van der Waals surface area contributed by atoms with Crippen LogP contribution in [0, 0.1) is 0 Å². The zero-order valence-corrected chi connectivity index (χ0v) is 9.17. The summed E-state index contributed by atoms with van der Waals surface area (Å²) in [6, 6.07) is 7.79. The van der Waals surface area contributed by atoms with Gasteiger partial charge in [0.05, 0.1) is 6.04 Å². The van der Waals surface area contributed by atoms with Gasteiger partial charge in [-0.1, -0.05) is 18.2 Å². The summed E-state index contributed by atoms with van der Waals surface area (Å²) in [5, 5.41) is 2.21. The van der Waals surface area contributed by atoms with E-state index in [1.165, 1.54) is 0 Å². The van der Waals surface area contributed by atoms with Gasteiger partial charge in [-0.2, -0.15) is 0 Å². The van der Waals surface area contributed by atoms with Crippen molar-refractivity contribution in [3.8, 4) is 0 Å². The molecule has 0 aliphatic heterocycles. The minimum Gasteiger partial charge on any atom is -0.347 e. The Bertz CT molecular complexity index is 625. The first-order valence-corrected chi connectivity index (χ1v) is 5.44. The topological polar surface area (TPSA) is 67.6 Å². The maximum absolute atomic E-state index is 6.21. The average molecular weight is 224 g/mol. The van der Waals surface area contributed by atoms with Gasteiger partial charge < -0.3 is 10.7 Å². The number of aromatic amines is 1. The molecular formula is C13H12N4. The van der Waals surface area contributed by atoms with Crippen LogP contribution in [0.1, 0.15) is 17.4 Å². The Hall–Kier alpha value is -2.20. The van der Waals surface area contributed by atoms with Crippen molar-refractivity contribution in [2.75, 3.05) is 0 Å². The summed E-state index contributed by atoms with van der Waals surface area (Å²) in [7, 11) is 0. The number of fused-ring (bicyclic) bond motifs is 1. The highest BCUT2D eigenvalue weighted by Crippen LogP contribution is 2.24. The Morgan fingerprint density at radius 2 is 2.12 bits per heavy atom. The Balaban J connectivity index is 2.17. The maximum atomic E-state index is 6.21. The molecular weight excluding hydrogens is 212 g/mol. The van der Waals surface area contributed by atoms with Gasteiger partial charge in [0.15, 0.2) is 0 Å². The van der Waals surface area contributed by atoms with E-state index in [9.17, 15) is 0 Å². The van der Waals surface area contributed by atoms with Crippen molar-refractivity contribution < 1.29 is 0 Å². The molecule has 4 nitrogen and oxygen atoms in total. The highest BCUT2D eigenvalue weighted by atomic mass is 14.9. The van der Waals surface area contributed by atoms with Gasteiger partial charge in [-0.15, -0.1) is 0 Å². The second-order valence-electron chi connectivity index (χ2n) is 3.90. The molecule has 1 atom stereocenters. The lowest BCUT2D eigenvalue weighted by Crippen LogP contribution is -2.13. The molecule has 84 valence electrons. The van der Waals surface area contributed by atoms with E-state index in [-0.39, 0.29) is 6.04 Å². The smallest absolute Gasteiger partial charge is 0.127 e. The van der Waals surface area contributed by atoms with Gasteiger partial charge in [-0.05, 0) is 17.0 Å². The highest BCUT2D eigenvalue weighted by Gasteiger charge is 2.13. The standard InChI is InChI=1S/C13H12N4/c14-12(13-16-6-7-17-13)10-3-1-2-9-4-5-15-8-11(9)10/h1-8,12H,14H2,(H,16,17). The summed E-state index contributed by atoms with van der Waals surface area (Å²) in [4.78, 5) is 11.4. The van der Waals surface area contributed by atoms with Gasteiger partial charge in [-0.3, -0.25) is 4.98 Å². The summed E-state index contributed by atoms with van der Waals surface area (Å²) >= 11 is 0. The Labute approximate surface area is 98.5 Å². The van der Waals surface area contributed by atoms with Crippen molar-refractivity contribution in [2.24, 2.45) is 5.73 Å². The molecule has 0 aliphatic carbocycles. The summed E-state index contributed by atoms with van der Waals surface area (Å²) in [6.45, 7) is 0. The van der Waals surface area contributed by atoms with Crippen LogP contribution in [0.25, 0.3) is 10.8 Å². The van der Waals surface area contributed by atoms with E-state index in [2.05, 4.69) is 21.0 Å². The fourth-order valence-corrected chi connectivity index (χ4v) is 2.00. The van der Waals surface area contributed by atoms with Crippen molar-refractivity contribution >= 4 is 10.8 Å². The first-order valence-electron chi connectivity index (χ1n) is 5.44. The Kier molecular flexibility index (Phi) is 2.34. The summed E-state index contributed by atoms with van der Waals surface area (Å²) in [6.07, 6.45) is 7.11. The number of rotatable bonds is 2. The Morgan fingerprint density at radius 3 is 2.94 bits per heavy atom. The number of H-pyrrole nitrogens is 1. The Morgan fingerprint density at radius 1 is 1.18 bits per heavy atom. The lowest BCUT2D eigenvalue weighted by molar-refractivity contribution is 0.807. The molecule has 0 fully saturated rings. The SMILES string of the molecule is NC(c1ncc[nH]1)c1cccc2ccncc12. The zero-order valence-electron chi connectivity index (χ0n) is 9.17. The van der Waals surface area contributed by atoms with Crippen LogP contribution in [0.4, 0.5) is 0 Å². The molecule has 17 heavy (non-hydrogen) atoms. The molecule has 1 unspecified atom stereocenters. The molecule has 0 saturated heterocycles. The van der Waals surface area contributed by atoms with Crippen LogP contribution >= 0.6 is 0 Å². The van der Waals surface area contributed by atoms with Gasteiger partial charge in [0.2, 0.25) is 0 Å². The van der Waals surface area contributed by atoms with E-state index in [0.29, 0.717) is 0 Å². The summed E-state index contributed by atoms with van der Waals surface area (Å²) < 4.78 is 0.